The molecule has 0 radical (unpaired) electrons. The fraction of sp³-hybridized carbons (Fsp3) is 0.429. The summed E-state index contributed by atoms with van der Waals surface area (Å²) >= 11 is 6.04. The summed E-state index contributed by atoms with van der Waals surface area (Å²) in [5.41, 5.74) is 2.04. The van der Waals surface area contributed by atoms with E-state index in [4.69, 9.17) is 11.6 Å². The summed E-state index contributed by atoms with van der Waals surface area (Å²) in [6, 6.07) is 6.50. The molecular weight excluding hydrogens is 417 g/mol. The standard InChI is InChI=1S/C21H24ClF3N4O/c1-3-14-6-4-5-13(2)18(14)28-20(30)27-16-7-9-29(10-8-16)19-17(22)11-15(12-26-19)21(23,24)25/h4-6,11-12,16H,3,7-10H2,1-2H3,(H2,27,28,30). The Morgan fingerprint density at radius 1 is 1.30 bits per heavy atom. The Morgan fingerprint density at radius 2 is 2.00 bits per heavy atom. The van der Waals surface area contributed by atoms with E-state index in [-0.39, 0.29) is 17.1 Å². The van der Waals surface area contributed by atoms with Gasteiger partial charge in [0.05, 0.1) is 10.6 Å². The van der Waals surface area contributed by atoms with Crippen LogP contribution in [0.25, 0.3) is 0 Å². The summed E-state index contributed by atoms with van der Waals surface area (Å²) in [4.78, 5) is 18.2. The number of nitrogens with zero attached hydrogens (tertiary/aromatic N) is 2. The largest absolute Gasteiger partial charge is 0.417 e. The Bertz CT molecular complexity index is 912. The maximum Gasteiger partial charge on any atom is 0.417 e. The summed E-state index contributed by atoms with van der Waals surface area (Å²) in [6.07, 6.45) is -1.58. The average Bonchev–Trinajstić information content (AvgIpc) is 2.69. The summed E-state index contributed by atoms with van der Waals surface area (Å²) in [6.45, 7) is 5.06. The maximum absolute atomic E-state index is 12.8. The number of nitrogens with one attached hydrogen (secondary N) is 2. The molecule has 2 aromatic rings. The van der Waals surface area contributed by atoms with Crippen molar-refractivity contribution in [1.82, 2.24) is 10.3 Å². The number of carbonyl (C=O) groups excluding carboxylic acids is 1. The first-order valence-corrected chi connectivity index (χ1v) is 10.2. The van der Waals surface area contributed by atoms with E-state index in [1.165, 1.54) is 0 Å². The van der Waals surface area contributed by atoms with Crippen molar-refractivity contribution in [2.45, 2.75) is 45.3 Å². The first kappa shape index (κ1) is 22.2. The van der Waals surface area contributed by atoms with Gasteiger partial charge in [-0.3, -0.25) is 0 Å². The van der Waals surface area contributed by atoms with Gasteiger partial charge in [-0.25, -0.2) is 9.78 Å². The van der Waals surface area contributed by atoms with E-state index in [2.05, 4.69) is 15.6 Å². The van der Waals surface area contributed by atoms with Crippen molar-refractivity contribution in [2.75, 3.05) is 23.3 Å². The number of halogens is 4. The number of hydrogen-bond acceptors (Lipinski definition) is 3. The lowest BCUT2D eigenvalue weighted by Crippen LogP contribution is -2.46. The van der Waals surface area contributed by atoms with Crippen LogP contribution in [0.2, 0.25) is 5.02 Å². The Kier molecular flexibility index (Phi) is 6.75. The molecule has 2 heterocycles. The number of alkyl halides is 3. The molecule has 0 saturated carbocycles. The van der Waals surface area contributed by atoms with Crippen LogP contribution in [-0.2, 0) is 12.6 Å². The molecule has 1 fully saturated rings. The number of pyridine rings is 1. The molecule has 9 heteroatoms. The smallest absolute Gasteiger partial charge is 0.355 e. The lowest BCUT2D eigenvalue weighted by molar-refractivity contribution is -0.137. The highest BCUT2D eigenvalue weighted by molar-refractivity contribution is 6.33. The summed E-state index contributed by atoms with van der Waals surface area (Å²) < 4.78 is 38.4. The number of anilines is 2. The van der Waals surface area contributed by atoms with Gasteiger partial charge in [0.25, 0.3) is 0 Å². The first-order valence-electron chi connectivity index (χ1n) is 9.82. The van der Waals surface area contributed by atoms with E-state index >= 15 is 0 Å². The highest BCUT2D eigenvalue weighted by Gasteiger charge is 2.32. The van der Waals surface area contributed by atoms with Crippen LogP contribution in [-0.4, -0.2) is 30.1 Å². The van der Waals surface area contributed by atoms with Crippen molar-refractivity contribution in [2.24, 2.45) is 0 Å². The van der Waals surface area contributed by atoms with Gasteiger partial charge in [0.1, 0.15) is 5.82 Å². The average molecular weight is 441 g/mol. The highest BCUT2D eigenvalue weighted by atomic mass is 35.5. The van der Waals surface area contributed by atoms with Crippen LogP contribution in [0.4, 0.5) is 29.5 Å². The van der Waals surface area contributed by atoms with Crippen molar-refractivity contribution in [3.05, 3.63) is 52.2 Å². The second kappa shape index (κ2) is 9.12. The minimum Gasteiger partial charge on any atom is -0.355 e. The maximum atomic E-state index is 12.8. The third kappa shape index (κ3) is 5.16. The van der Waals surface area contributed by atoms with Gasteiger partial charge in [-0.1, -0.05) is 36.7 Å². The predicted octanol–water partition coefficient (Wildman–Crippen LogP) is 5.42. The number of rotatable bonds is 4. The van der Waals surface area contributed by atoms with Gasteiger partial charge in [0.15, 0.2) is 0 Å². The molecule has 1 aliphatic heterocycles. The van der Waals surface area contributed by atoms with Crippen LogP contribution >= 0.6 is 11.6 Å². The first-order chi connectivity index (χ1) is 14.2. The van der Waals surface area contributed by atoms with Gasteiger partial charge in [0.2, 0.25) is 0 Å². The zero-order chi connectivity index (χ0) is 21.9. The van der Waals surface area contributed by atoms with Gasteiger partial charge in [-0.2, -0.15) is 13.2 Å². The number of aryl methyl sites for hydroxylation is 2. The summed E-state index contributed by atoms with van der Waals surface area (Å²) in [5.74, 6) is 0.333. The third-order valence-electron chi connectivity index (χ3n) is 5.26. The molecule has 0 atom stereocenters. The highest BCUT2D eigenvalue weighted by Crippen LogP contribution is 2.34. The quantitative estimate of drug-likeness (QED) is 0.667. The number of para-hydroxylation sites is 1. The molecule has 30 heavy (non-hydrogen) atoms. The molecule has 3 rings (SSSR count). The number of aromatic nitrogens is 1. The summed E-state index contributed by atoms with van der Waals surface area (Å²) in [5, 5.41) is 5.90. The SMILES string of the molecule is CCc1cccc(C)c1NC(=O)NC1CCN(c2ncc(C(F)(F)F)cc2Cl)CC1. The van der Waals surface area contributed by atoms with Crippen LogP contribution in [0.5, 0.6) is 0 Å². The van der Waals surface area contributed by atoms with Crippen LogP contribution in [0.1, 0.15) is 36.5 Å². The zero-order valence-electron chi connectivity index (χ0n) is 16.8. The lowest BCUT2D eigenvalue weighted by atomic mass is 10.0. The molecular formula is C21H24ClF3N4O. The number of piperidine rings is 1. The lowest BCUT2D eigenvalue weighted by Gasteiger charge is -2.33. The van der Waals surface area contributed by atoms with E-state index < -0.39 is 11.7 Å². The van der Waals surface area contributed by atoms with E-state index in [0.29, 0.717) is 31.7 Å². The van der Waals surface area contributed by atoms with Gasteiger partial charge in [-0.05, 0) is 43.4 Å². The molecule has 1 aromatic carbocycles. The molecule has 162 valence electrons. The van der Waals surface area contributed by atoms with Crippen LogP contribution in [0.3, 0.4) is 0 Å². The monoisotopic (exact) mass is 440 g/mol. The predicted molar refractivity (Wildman–Crippen MR) is 112 cm³/mol. The Morgan fingerprint density at radius 3 is 2.60 bits per heavy atom. The number of hydrogen-bond donors (Lipinski definition) is 2. The number of benzene rings is 1. The fourth-order valence-electron chi connectivity index (χ4n) is 3.59. The van der Waals surface area contributed by atoms with Crippen molar-refractivity contribution < 1.29 is 18.0 Å². The zero-order valence-corrected chi connectivity index (χ0v) is 17.6. The van der Waals surface area contributed by atoms with E-state index in [1.54, 1.807) is 0 Å². The second-order valence-electron chi connectivity index (χ2n) is 7.35. The number of amides is 2. The number of carbonyl (C=O) groups is 1. The Balaban J connectivity index is 1.57. The molecule has 2 N–H and O–H groups in total. The normalized spacial score (nSPS) is 15.2. The van der Waals surface area contributed by atoms with E-state index in [0.717, 1.165) is 35.5 Å². The molecule has 1 aromatic heterocycles. The molecule has 5 nitrogen and oxygen atoms in total. The van der Waals surface area contributed by atoms with Crippen LogP contribution in [0, 0.1) is 6.92 Å². The summed E-state index contributed by atoms with van der Waals surface area (Å²) in [7, 11) is 0. The molecule has 0 spiro atoms. The van der Waals surface area contributed by atoms with Gasteiger partial charge < -0.3 is 15.5 Å². The number of urea groups is 1. The van der Waals surface area contributed by atoms with E-state index in [9.17, 15) is 18.0 Å². The van der Waals surface area contributed by atoms with Gasteiger partial charge in [-0.15, -0.1) is 0 Å². The van der Waals surface area contributed by atoms with Gasteiger partial charge >= 0.3 is 12.2 Å². The second-order valence-corrected chi connectivity index (χ2v) is 7.76. The van der Waals surface area contributed by atoms with Gasteiger partial charge in [0, 0.05) is 31.0 Å². The minimum absolute atomic E-state index is 0.0272. The Hall–Kier alpha value is -2.48. The molecule has 0 bridgehead atoms. The molecule has 0 aliphatic carbocycles. The third-order valence-corrected chi connectivity index (χ3v) is 5.54. The van der Waals surface area contributed by atoms with Crippen molar-refractivity contribution in [3.8, 4) is 0 Å². The van der Waals surface area contributed by atoms with E-state index in [1.807, 2.05) is 36.9 Å². The minimum atomic E-state index is -4.48. The fourth-order valence-corrected chi connectivity index (χ4v) is 3.88. The van der Waals surface area contributed by atoms with Crippen molar-refractivity contribution >= 4 is 29.1 Å². The van der Waals surface area contributed by atoms with Crippen LogP contribution in [0.15, 0.2) is 30.5 Å². The van der Waals surface area contributed by atoms with Crippen LogP contribution < -0.4 is 15.5 Å². The Labute approximate surface area is 178 Å². The molecule has 2 amide bonds. The van der Waals surface area contributed by atoms with Crippen molar-refractivity contribution in [3.63, 3.8) is 0 Å². The topological polar surface area (TPSA) is 57.3 Å². The van der Waals surface area contributed by atoms with Crippen molar-refractivity contribution in [1.29, 1.82) is 0 Å². The molecule has 0 unspecified atom stereocenters. The molecule has 1 saturated heterocycles. The molecule has 1 aliphatic rings.